The van der Waals surface area contributed by atoms with Gasteiger partial charge in [0.25, 0.3) is 0 Å². The van der Waals surface area contributed by atoms with Crippen LogP contribution >= 0.6 is 0 Å². The van der Waals surface area contributed by atoms with E-state index >= 15 is 0 Å². The number of hydrogen-bond acceptors (Lipinski definition) is 6. The Morgan fingerprint density at radius 1 is 1.03 bits per heavy atom. The SMILES string of the molecule is CCOC(=O)CC(CNC(C)=O)Cc1ccc(OS(=O)(=O)c2ccc(C)cc2)cc1. The molecule has 2 aromatic carbocycles. The minimum absolute atomic E-state index is 0.0852. The summed E-state index contributed by atoms with van der Waals surface area (Å²) < 4.78 is 35.0. The molecule has 1 amide bonds. The molecule has 2 aromatic rings. The molecule has 0 aromatic heterocycles. The number of benzene rings is 2. The van der Waals surface area contributed by atoms with Crippen molar-refractivity contribution in [2.45, 2.75) is 38.5 Å². The van der Waals surface area contributed by atoms with Gasteiger partial charge in [-0.05, 0) is 56.0 Å². The lowest BCUT2D eigenvalue weighted by atomic mass is 9.96. The molecule has 7 nitrogen and oxygen atoms in total. The van der Waals surface area contributed by atoms with Crippen molar-refractivity contribution >= 4 is 22.0 Å². The minimum Gasteiger partial charge on any atom is -0.466 e. The Bertz CT molecular complexity index is 952. The van der Waals surface area contributed by atoms with Gasteiger partial charge < -0.3 is 14.2 Å². The molecule has 0 spiro atoms. The highest BCUT2D eigenvalue weighted by Gasteiger charge is 2.18. The Labute approximate surface area is 177 Å². The Morgan fingerprint density at radius 2 is 1.67 bits per heavy atom. The number of rotatable bonds is 10. The standard InChI is InChI=1S/C22H27NO6S/c1-4-28-22(25)14-19(15-23-17(3)24)13-18-7-9-20(10-8-18)29-30(26,27)21-11-5-16(2)6-12-21/h5-12,19H,4,13-15H2,1-3H3,(H,23,24). The summed E-state index contributed by atoms with van der Waals surface area (Å²) in [4.78, 5) is 23.1. The van der Waals surface area contributed by atoms with E-state index in [-0.39, 0.29) is 34.9 Å². The van der Waals surface area contributed by atoms with Gasteiger partial charge >= 0.3 is 16.1 Å². The van der Waals surface area contributed by atoms with E-state index in [1.54, 1.807) is 43.3 Å². The smallest absolute Gasteiger partial charge is 0.339 e. The van der Waals surface area contributed by atoms with Crippen molar-refractivity contribution in [3.05, 3.63) is 59.7 Å². The fourth-order valence-electron chi connectivity index (χ4n) is 2.85. The van der Waals surface area contributed by atoms with Crippen molar-refractivity contribution in [3.63, 3.8) is 0 Å². The van der Waals surface area contributed by atoms with Crippen LogP contribution in [0.1, 0.15) is 31.4 Å². The largest absolute Gasteiger partial charge is 0.466 e. The van der Waals surface area contributed by atoms with Crippen molar-refractivity contribution in [1.29, 1.82) is 0 Å². The second-order valence-corrected chi connectivity index (χ2v) is 8.56. The highest BCUT2D eigenvalue weighted by Crippen LogP contribution is 2.21. The van der Waals surface area contributed by atoms with Crippen molar-refractivity contribution in [1.82, 2.24) is 5.32 Å². The zero-order valence-electron chi connectivity index (χ0n) is 17.4. The van der Waals surface area contributed by atoms with Gasteiger partial charge in [0.1, 0.15) is 10.6 Å². The molecular formula is C22H27NO6S. The van der Waals surface area contributed by atoms with Gasteiger partial charge in [-0.2, -0.15) is 8.42 Å². The van der Waals surface area contributed by atoms with Gasteiger partial charge in [0.2, 0.25) is 5.91 Å². The lowest BCUT2D eigenvalue weighted by Gasteiger charge is -2.17. The molecule has 2 rings (SSSR count). The molecule has 1 unspecified atom stereocenters. The van der Waals surface area contributed by atoms with Crippen LogP contribution in [0.25, 0.3) is 0 Å². The summed E-state index contributed by atoms with van der Waals surface area (Å²) in [6.45, 7) is 5.67. The summed E-state index contributed by atoms with van der Waals surface area (Å²) >= 11 is 0. The van der Waals surface area contributed by atoms with Crippen molar-refractivity contribution in [3.8, 4) is 5.75 Å². The first-order chi connectivity index (χ1) is 14.2. The summed E-state index contributed by atoms with van der Waals surface area (Å²) in [5.74, 6) is -0.440. The van der Waals surface area contributed by atoms with Crippen LogP contribution in [0, 0.1) is 12.8 Å². The quantitative estimate of drug-likeness (QED) is 0.457. The first-order valence-corrected chi connectivity index (χ1v) is 11.1. The second-order valence-electron chi connectivity index (χ2n) is 7.01. The van der Waals surface area contributed by atoms with E-state index in [2.05, 4.69) is 5.32 Å². The number of hydrogen-bond donors (Lipinski definition) is 1. The predicted molar refractivity (Wildman–Crippen MR) is 113 cm³/mol. The van der Waals surface area contributed by atoms with Gasteiger partial charge in [0.05, 0.1) is 13.0 Å². The molecule has 30 heavy (non-hydrogen) atoms. The van der Waals surface area contributed by atoms with Crippen molar-refractivity contribution in [2.24, 2.45) is 5.92 Å². The molecule has 0 heterocycles. The molecule has 1 N–H and O–H groups in total. The second kappa shape index (κ2) is 10.8. The summed E-state index contributed by atoms with van der Waals surface area (Å²) in [6, 6.07) is 13.0. The van der Waals surface area contributed by atoms with Crippen LogP contribution in [0.3, 0.4) is 0 Å². The Morgan fingerprint density at radius 3 is 2.23 bits per heavy atom. The fourth-order valence-corrected chi connectivity index (χ4v) is 3.78. The van der Waals surface area contributed by atoms with Crippen molar-refractivity contribution < 1.29 is 26.9 Å². The predicted octanol–water partition coefficient (Wildman–Crippen LogP) is 3.01. The van der Waals surface area contributed by atoms with E-state index in [0.717, 1.165) is 11.1 Å². The maximum atomic E-state index is 12.4. The third-order valence-corrected chi connectivity index (χ3v) is 5.63. The average molecular weight is 434 g/mol. The molecule has 162 valence electrons. The molecule has 0 saturated carbocycles. The number of carbonyl (C=O) groups excluding carboxylic acids is 2. The number of ether oxygens (including phenoxy) is 1. The highest BCUT2D eigenvalue weighted by atomic mass is 32.2. The van der Waals surface area contributed by atoms with Gasteiger partial charge in [-0.3, -0.25) is 9.59 Å². The Balaban J connectivity index is 2.05. The van der Waals surface area contributed by atoms with Gasteiger partial charge in [0.15, 0.2) is 0 Å². The summed E-state index contributed by atoms with van der Waals surface area (Å²) in [5.41, 5.74) is 1.84. The normalized spacial score (nSPS) is 12.1. The van der Waals surface area contributed by atoms with Gasteiger partial charge in [-0.1, -0.05) is 29.8 Å². The van der Waals surface area contributed by atoms with E-state index in [4.69, 9.17) is 8.92 Å². The van der Waals surface area contributed by atoms with E-state index in [1.807, 2.05) is 6.92 Å². The molecule has 0 aliphatic heterocycles. The van der Waals surface area contributed by atoms with Gasteiger partial charge in [0, 0.05) is 13.5 Å². The maximum absolute atomic E-state index is 12.4. The number of carbonyl (C=O) groups is 2. The van der Waals surface area contributed by atoms with E-state index in [0.29, 0.717) is 19.6 Å². The van der Waals surface area contributed by atoms with Crippen LogP contribution in [-0.4, -0.2) is 33.4 Å². The summed E-state index contributed by atoms with van der Waals surface area (Å²) in [5, 5.41) is 2.73. The lowest BCUT2D eigenvalue weighted by molar-refractivity contribution is -0.144. The van der Waals surface area contributed by atoms with E-state index in [9.17, 15) is 18.0 Å². The minimum atomic E-state index is -3.92. The molecule has 0 saturated heterocycles. The zero-order valence-corrected chi connectivity index (χ0v) is 18.2. The van der Waals surface area contributed by atoms with Crippen molar-refractivity contribution in [2.75, 3.05) is 13.2 Å². The average Bonchev–Trinajstić information content (AvgIpc) is 2.68. The first kappa shape index (κ1) is 23.4. The molecule has 0 aliphatic carbocycles. The Hall–Kier alpha value is -2.87. The lowest BCUT2D eigenvalue weighted by Crippen LogP contribution is -2.30. The topological polar surface area (TPSA) is 98.8 Å². The number of amides is 1. The number of aryl methyl sites for hydroxylation is 1. The molecule has 0 bridgehead atoms. The summed E-state index contributed by atoms with van der Waals surface area (Å²) in [7, 11) is -3.92. The van der Waals surface area contributed by atoms with Crippen LogP contribution in [0.2, 0.25) is 0 Å². The molecule has 0 aliphatic rings. The highest BCUT2D eigenvalue weighted by molar-refractivity contribution is 7.87. The van der Waals surface area contributed by atoms with Gasteiger partial charge in [-0.15, -0.1) is 0 Å². The number of esters is 1. The zero-order chi connectivity index (χ0) is 22.1. The fraction of sp³-hybridized carbons (Fsp3) is 0.364. The molecular weight excluding hydrogens is 406 g/mol. The van der Waals surface area contributed by atoms with E-state index in [1.165, 1.54) is 19.1 Å². The van der Waals surface area contributed by atoms with Crippen LogP contribution in [0.4, 0.5) is 0 Å². The van der Waals surface area contributed by atoms with Crippen LogP contribution < -0.4 is 9.50 Å². The van der Waals surface area contributed by atoms with Gasteiger partial charge in [-0.25, -0.2) is 0 Å². The Kier molecular flexibility index (Phi) is 8.41. The third-order valence-electron chi connectivity index (χ3n) is 4.36. The molecule has 0 radical (unpaired) electrons. The van der Waals surface area contributed by atoms with Crippen LogP contribution in [0.15, 0.2) is 53.4 Å². The molecule has 8 heteroatoms. The maximum Gasteiger partial charge on any atom is 0.339 e. The van der Waals surface area contributed by atoms with Crippen LogP contribution in [-0.2, 0) is 30.9 Å². The molecule has 0 fully saturated rings. The van der Waals surface area contributed by atoms with E-state index < -0.39 is 10.1 Å². The summed E-state index contributed by atoms with van der Waals surface area (Å²) in [6.07, 6.45) is 0.693. The van der Waals surface area contributed by atoms with Crippen LogP contribution in [0.5, 0.6) is 5.75 Å². The molecule has 1 atom stereocenters. The third kappa shape index (κ3) is 7.51. The monoisotopic (exact) mass is 433 g/mol. The number of nitrogens with one attached hydrogen (secondary N) is 1. The first-order valence-electron chi connectivity index (χ1n) is 9.69.